The number of benzene rings is 1. The summed E-state index contributed by atoms with van der Waals surface area (Å²) in [6.45, 7) is 5.56. The van der Waals surface area contributed by atoms with Crippen LogP contribution in [0.3, 0.4) is 0 Å². The van der Waals surface area contributed by atoms with Gasteiger partial charge in [0.1, 0.15) is 0 Å². The van der Waals surface area contributed by atoms with Gasteiger partial charge in [-0.25, -0.2) is 4.39 Å². The van der Waals surface area contributed by atoms with Gasteiger partial charge in [-0.05, 0) is 24.8 Å². The molecule has 1 aromatic carbocycles. The van der Waals surface area contributed by atoms with Crippen LogP contribution in [-0.4, -0.2) is 36.2 Å². The number of phenols is 1. The van der Waals surface area contributed by atoms with Crippen molar-refractivity contribution in [2.24, 2.45) is 5.92 Å². The molecule has 3 nitrogen and oxygen atoms in total. The zero-order valence-corrected chi connectivity index (χ0v) is 14.5. The summed E-state index contributed by atoms with van der Waals surface area (Å²) in [7, 11) is 0. The number of aryl methyl sites for hydroxylation is 1. The fourth-order valence-electron chi connectivity index (χ4n) is 3.09. The van der Waals surface area contributed by atoms with E-state index in [1.807, 2.05) is 6.07 Å². The Morgan fingerprint density at radius 2 is 1.91 bits per heavy atom. The van der Waals surface area contributed by atoms with E-state index in [2.05, 4.69) is 10.2 Å². The fraction of sp³-hybridized carbons (Fsp3) is 0.625. The molecular weight excluding hydrogens is 326 g/mol. The van der Waals surface area contributed by atoms with Crippen molar-refractivity contribution in [3.05, 3.63) is 29.1 Å². The lowest BCUT2D eigenvalue weighted by Crippen LogP contribution is -2.45. The number of nitrogens with one attached hydrogen (secondary N) is 1. The van der Waals surface area contributed by atoms with Crippen molar-refractivity contribution in [2.75, 3.05) is 26.2 Å². The van der Waals surface area contributed by atoms with Gasteiger partial charge in [-0.1, -0.05) is 25.0 Å². The molecule has 126 valence electrons. The van der Waals surface area contributed by atoms with Crippen molar-refractivity contribution in [3.63, 3.8) is 0 Å². The number of phenolic OH excluding ortho intramolecular Hbond substituents is 1. The standard InChI is InChI=1S/C16H23FN2O.2ClH/c1-11-2-5-13(16(20)15(11)17)14(10-12-3-4-12)19-8-6-18-7-9-19;;/h2,5,12,14,18,20H,3-4,6-10H2,1H3;2*1H/t14-;;/m1../s1. The molecule has 0 radical (unpaired) electrons. The molecule has 1 aliphatic heterocycles. The molecule has 6 heteroatoms. The maximum Gasteiger partial charge on any atom is 0.168 e. The molecule has 1 aromatic rings. The molecular formula is C16H25Cl2FN2O. The lowest BCUT2D eigenvalue weighted by Gasteiger charge is -2.35. The molecule has 2 aliphatic rings. The second kappa shape index (κ2) is 8.34. The Labute approximate surface area is 144 Å². The smallest absolute Gasteiger partial charge is 0.168 e. The number of rotatable bonds is 4. The SMILES string of the molecule is Cc1ccc([C@@H](CC2CC2)N2CCNCC2)c(O)c1F.Cl.Cl. The van der Waals surface area contributed by atoms with Crippen molar-refractivity contribution >= 4 is 24.8 Å². The third-order valence-corrected chi connectivity index (χ3v) is 4.55. The largest absolute Gasteiger partial charge is 0.505 e. The number of hydrogen-bond acceptors (Lipinski definition) is 3. The Morgan fingerprint density at radius 3 is 2.50 bits per heavy atom. The van der Waals surface area contributed by atoms with Gasteiger partial charge in [0, 0.05) is 37.8 Å². The average molecular weight is 351 g/mol. The minimum Gasteiger partial charge on any atom is -0.505 e. The number of nitrogens with zero attached hydrogens (tertiary/aromatic N) is 1. The normalized spacial score (nSPS) is 19.9. The molecule has 1 saturated carbocycles. The van der Waals surface area contributed by atoms with Crippen LogP contribution in [0.25, 0.3) is 0 Å². The van der Waals surface area contributed by atoms with Crippen LogP contribution in [-0.2, 0) is 0 Å². The van der Waals surface area contributed by atoms with E-state index in [-0.39, 0.29) is 36.6 Å². The molecule has 0 spiro atoms. The highest BCUT2D eigenvalue weighted by atomic mass is 35.5. The number of piperazine rings is 1. The van der Waals surface area contributed by atoms with E-state index in [0.717, 1.165) is 44.1 Å². The zero-order valence-electron chi connectivity index (χ0n) is 12.8. The molecule has 0 unspecified atom stereocenters. The lowest BCUT2D eigenvalue weighted by molar-refractivity contribution is 0.157. The predicted octanol–water partition coefficient (Wildman–Crippen LogP) is 3.43. The van der Waals surface area contributed by atoms with E-state index in [0.29, 0.717) is 5.56 Å². The second-order valence-electron chi connectivity index (χ2n) is 6.12. The van der Waals surface area contributed by atoms with Crippen molar-refractivity contribution in [1.82, 2.24) is 10.2 Å². The zero-order chi connectivity index (χ0) is 14.1. The molecule has 3 rings (SSSR count). The molecule has 0 aromatic heterocycles. The average Bonchev–Trinajstić information content (AvgIpc) is 3.28. The Balaban J connectivity index is 0.00000121. The number of aromatic hydroxyl groups is 1. The molecule has 0 bridgehead atoms. The molecule has 2 N–H and O–H groups in total. The minimum atomic E-state index is -0.460. The Morgan fingerprint density at radius 1 is 1.27 bits per heavy atom. The van der Waals surface area contributed by atoms with Crippen LogP contribution < -0.4 is 5.32 Å². The molecule has 1 heterocycles. The van der Waals surface area contributed by atoms with Gasteiger partial charge in [0.25, 0.3) is 0 Å². The third-order valence-electron chi connectivity index (χ3n) is 4.55. The van der Waals surface area contributed by atoms with E-state index in [1.54, 1.807) is 13.0 Å². The summed E-state index contributed by atoms with van der Waals surface area (Å²) in [5, 5.41) is 13.5. The van der Waals surface area contributed by atoms with Crippen LogP contribution in [0.15, 0.2) is 12.1 Å². The van der Waals surface area contributed by atoms with E-state index < -0.39 is 5.82 Å². The summed E-state index contributed by atoms with van der Waals surface area (Å²) >= 11 is 0. The first-order valence-electron chi connectivity index (χ1n) is 7.59. The van der Waals surface area contributed by atoms with E-state index >= 15 is 0 Å². The molecule has 1 atom stereocenters. The fourth-order valence-corrected chi connectivity index (χ4v) is 3.09. The minimum absolute atomic E-state index is 0. The van der Waals surface area contributed by atoms with Gasteiger partial charge in [-0.15, -0.1) is 24.8 Å². The molecule has 22 heavy (non-hydrogen) atoms. The topological polar surface area (TPSA) is 35.5 Å². The van der Waals surface area contributed by atoms with Gasteiger partial charge in [0.15, 0.2) is 11.6 Å². The number of hydrogen-bond donors (Lipinski definition) is 2. The van der Waals surface area contributed by atoms with Gasteiger partial charge in [0.05, 0.1) is 0 Å². The number of halogens is 3. The van der Waals surface area contributed by atoms with Crippen LogP contribution in [0.5, 0.6) is 5.75 Å². The Bertz CT molecular complexity index is 491. The van der Waals surface area contributed by atoms with Gasteiger partial charge in [0.2, 0.25) is 0 Å². The first-order valence-corrected chi connectivity index (χ1v) is 7.59. The first kappa shape index (κ1) is 19.5. The third kappa shape index (κ3) is 4.25. The second-order valence-corrected chi connectivity index (χ2v) is 6.12. The van der Waals surface area contributed by atoms with Gasteiger partial charge >= 0.3 is 0 Å². The Hall–Kier alpha value is -0.550. The first-order chi connectivity index (χ1) is 9.66. The van der Waals surface area contributed by atoms with Crippen LogP contribution in [0.4, 0.5) is 4.39 Å². The summed E-state index contributed by atoms with van der Waals surface area (Å²) in [5.74, 6) is 0.145. The van der Waals surface area contributed by atoms with Crippen molar-refractivity contribution in [2.45, 2.75) is 32.2 Å². The van der Waals surface area contributed by atoms with Gasteiger partial charge < -0.3 is 10.4 Å². The maximum absolute atomic E-state index is 14.0. The van der Waals surface area contributed by atoms with Crippen molar-refractivity contribution < 1.29 is 9.50 Å². The monoisotopic (exact) mass is 350 g/mol. The van der Waals surface area contributed by atoms with Crippen LogP contribution in [0, 0.1) is 18.7 Å². The molecule has 1 saturated heterocycles. The molecule has 1 aliphatic carbocycles. The van der Waals surface area contributed by atoms with Crippen LogP contribution >= 0.6 is 24.8 Å². The summed E-state index contributed by atoms with van der Waals surface area (Å²) < 4.78 is 14.0. The highest BCUT2D eigenvalue weighted by Gasteiger charge is 2.32. The van der Waals surface area contributed by atoms with Crippen molar-refractivity contribution in [3.8, 4) is 5.75 Å². The Kier molecular flexibility index (Phi) is 7.39. The van der Waals surface area contributed by atoms with Crippen LogP contribution in [0.1, 0.15) is 36.4 Å². The van der Waals surface area contributed by atoms with E-state index in [4.69, 9.17) is 0 Å². The quantitative estimate of drug-likeness (QED) is 0.873. The van der Waals surface area contributed by atoms with Crippen LogP contribution in [0.2, 0.25) is 0 Å². The highest BCUT2D eigenvalue weighted by molar-refractivity contribution is 5.85. The molecule has 0 amide bonds. The summed E-state index contributed by atoms with van der Waals surface area (Å²) in [6.07, 6.45) is 3.59. The van der Waals surface area contributed by atoms with Crippen molar-refractivity contribution in [1.29, 1.82) is 0 Å². The predicted molar refractivity (Wildman–Crippen MR) is 91.8 cm³/mol. The van der Waals surface area contributed by atoms with Gasteiger partial charge in [-0.2, -0.15) is 0 Å². The lowest BCUT2D eigenvalue weighted by atomic mass is 9.96. The van der Waals surface area contributed by atoms with E-state index in [9.17, 15) is 9.50 Å². The molecule has 2 fully saturated rings. The summed E-state index contributed by atoms with van der Waals surface area (Å²) in [6, 6.07) is 3.84. The highest BCUT2D eigenvalue weighted by Crippen LogP contribution is 2.43. The maximum atomic E-state index is 14.0. The van der Waals surface area contributed by atoms with E-state index in [1.165, 1.54) is 12.8 Å². The summed E-state index contributed by atoms with van der Waals surface area (Å²) in [4.78, 5) is 2.39. The summed E-state index contributed by atoms with van der Waals surface area (Å²) in [5.41, 5.74) is 1.28. The van der Waals surface area contributed by atoms with Gasteiger partial charge in [-0.3, -0.25) is 4.90 Å².